The Hall–Kier alpha value is -2.20. The minimum Gasteiger partial charge on any atom is -0.351 e. The number of hydrogen-bond donors (Lipinski definition) is 1. The number of nitrogens with one attached hydrogen (secondary N) is 1. The van der Waals surface area contributed by atoms with Crippen LogP contribution in [0.1, 0.15) is 10.4 Å². The first kappa shape index (κ1) is 14.2. The molecule has 0 unspecified atom stereocenters. The monoisotopic (exact) mass is 269 g/mol. The van der Waals surface area contributed by atoms with Gasteiger partial charge in [0.2, 0.25) is 0 Å². The van der Waals surface area contributed by atoms with Crippen LogP contribution in [0.15, 0.2) is 48.7 Å². The van der Waals surface area contributed by atoms with Crippen molar-refractivity contribution < 1.29 is 4.79 Å². The van der Waals surface area contributed by atoms with Gasteiger partial charge in [0.15, 0.2) is 0 Å². The first-order valence-electron chi connectivity index (χ1n) is 6.61. The summed E-state index contributed by atoms with van der Waals surface area (Å²) in [5.74, 6) is -0.0422. The lowest BCUT2D eigenvalue weighted by Gasteiger charge is -2.10. The lowest BCUT2D eigenvalue weighted by Crippen LogP contribution is -2.31. The summed E-state index contributed by atoms with van der Waals surface area (Å²) in [4.78, 5) is 18.2. The van der Waals surface area contributed by atoms with Gasteiger partial charge in [0, 0.05) is 30.4 Å². The molecule has 0 saturated heterocycles. The van der Waals surface area contributed by atoms with Gasteiger partial charge in [-0.1, -0.05) is 18.2 Å². The van der Waals surface area contributed by atoms with Crippen LogP contribution in [0.2, 0.25) is 0 Å². The molecule has 4 heteroatoms. The second kappa shape index (κ2) is 6.82. The predicted octanol–water partition coefficient (Wildman–Crippen LogP) is 2.04. The largest absolute Gasteiger partial charge is 0.351 e. The highest BCUT2D eigenvalue weighted by Crippen LogP contribution is 2.16. The second-order valence-corrected chi connectivity index (χ2v) is 4.85. The summed E-state index contributed by atoms with van der Waals surface area (Å²) in [6.07, 6.45) is 1.76. The van der Waals surface area contributed by atoms with Crippen LogP contribution in [-0.4, -0.2) is 43.0 Å². The normalized spacial score (nSPS) is 10.6. The summed E-state index contributed by atoms with van der Waals surface area (Å²) < 4.78 is 0. The first-order chi connectivity index (χ1) is 9.66. The fourth-order valence-electron chi connectivity index (χ4n) is 1.82. The van der Waals surface area contributed by atoms with Crippen LogP contribution in [0.4, 0.5) is 0 Å². The molecule has 2 rings (SSSR count). The van der Waals surface area contributed by atoms with Crippen molar-refractivity contribution in [1.82, 2.24) is 15.2 Å². The Bertz CT molecular complexity index is 550. The molecule has 2 aromatic rings. The highest BCUT2D eigenvalue weighted by Gasteiger charge is 2.05. The van der Waals surface area contributed by atoms with E-state index in [4.69, 9.17) is 0 Å². The fourth-order valence-corrected chi connectivity index (χ4v) is 1.82. The molecule has 0 spiro atoms. The van der Waals surface area contributed by atoms with E-state index in [0.29, 0.717) is 12.1 Å². The molecule has 0 bridgehead atoms. The van der Waals surface area contributed by atoms with Crippen LogP contribution in [-0.2, 0) is 0 Å². The van der Waals surface area contributed by atoms with E-state index in [0.717, 1.165) is 17.8 Å². The quantitative estimate of drug-likeness (QED) is 0.903. The number of carbonyl (C=O) groups excluding carboxylic acids is 1. The van der Waals surface area contributed by atoms with E-state index in [-0.39, 0.29) is 5.91 Å². The first-order valence-corrected chi connectivity index (χ1v) is 6.61. The van der Waals surface area contributed by atoms with Crippen LogP contribution in [0.25, 0.3) is 11.3 Å². The number of amides is 1. The Morgan fingerprint density at radius 1 is 1.15 bits per heavy atom. The molecule has 1 aromatic carbocycles. The molecular formula is C16H19N3O. The molecule has 0 aliphatic heterocycles. The van der Waals surface area contributed by atoms with Crippen molar-refractivity contribution >= 4 is 5.91 Å². The molecule has 0 fully saturated rings. The molecule has 0 aliphatic carbocycles. The number of hydrogen-bond acceptors (Lipinski definition) is 3. The molecule has 1 N–H and O–H groups in total. The fraction of sp³-hybridized carbons (Fsp3) is 0.250. The third-order valence-corrected chi connectivity index (χ3v) is 2.95. The summed E-state index contributed by atoms with van der Waals surface area (Å²) in [7, 11) is 3.96. The van der Waals surface area contributed by atoms with E-state index < -0.39 is 0 Å². The van der Waals surface area contributed by atoms with Crippen LogP contribution in [0.5, 0.6) is 0 Å². The second-order valence-electron chi connectivity index (χ2n) is 4.85. The van der Waals surface area contributed by atoms with Crippen LogP contribution < -0.4 is 5.32 Å². The van der Waals surface area contributed by atoms with Crippen molar-refractivity contribution in [2.75, 3.05) is 27.2 Å². The van der Waals surface area contributed by atoms with Gasteiger partial charge in [0.05, 0.1) is 5.69 Å². The van der Waals surface area contributed by atoms with E-state index in [1.165, 1.54) is 0 Å². The molecule has 1 aromatic heterocycles. The van der Waals surface area contributed by atoms with Crippen molar-refractivity contribution in [3.05, 3.63) is 54.2 Å². The van der Waals surface area contributed by atoms with Crippen LogP contribution in [0.3, 0.4) is 0 Å². The van der Waals surface area contributed by atoms with Crippen molar-refractivity contribution in [2.24, 2.45) is 0 Å². The average molecular weight is 269 g/mol. The summed E-state index contributed by atoms with van der Waals surface area (Å²) in [6, 6.07) is 13.3. The van der Waals surface area contributed by atoms with E-state index in [2.05, 4.69) is 10.3 Å². The number of carbonyl (C=O) groups is 1. The zero-order valence-corrected chi connectivity index (χ0v) is 11.8. The number of benzene rings is 1. The third-order valence-electron chi connectivity index (χ3n) is 2.95. The maximum atomic E-state index is 11.9. The SMILES string of the molecule is CN(C)CCNC(=O)c1ccc(-c2ccccn2)cc1. The van der Waals surface area contributed by atoms with E-state index >= 15 is 0 Å². The lowest BCUT2D eigenvalue weighted by molar-refractivity contribution is 0.0951. The van der Waals surface area contributed by atoms with Gasteiger partial charge in [-0.2, -0.15) is 0 Å². The third kappa shape index (κ3) is 3.90. The average Bonchev–Trinajstić information content (AvgIpc) is 2.48. The van der Waals surface area contributed by atoms with Crippen molar-refractivity contribution in [1.29, 1.82) is 0 Å². The summed E-state index contributed by atoms with van der Waals surface area (Å²) in [5.41, 5.74) is 2.59. The Kier molecular flexibility index (Phi) is 4.85. The van der Waals surface area contributed by atoms with Gasteiger partial charge >= 0.3 is 0 Å². The van der Waals surface area contributed by atoms with Crippen molar-refractivity contribution in [2.45, 2.75) is 0 Å². The van der Waals surface area contributed by atoms with E-state index in [9.17, 15) is 4.79 Å². The summed E-state index contributed by atoms with van der Waals surface area (Å²) in [5, 5.41) is 2.89. The maximum absolute atomic E-state index is 11.9. The molecule has 20 heavy (non-hydrogen) atoms. The molecule has 1 amide bonds. The molecule has 0 atom stereocenters. The highest BCUT2D eigenvalue weighted by molar-refractivity contribution is 5.94. The maximum Gasteiger partial charge on any atom is 0.251 e. The van der Waals surface area contributed by atoms with Gasteiger partial charge in [0.1, 0.15) is 0 Å². The molecule has 0 saturated carbocycles. The Morgan fingerprint density at radius 2 is 1.90 bits per heavy atom. The zero-order valence-electron chi connectivity index (χ0n) is 11.8. The van der Waals surface area contributed by atoms with Crippen LogP contribution in [0, 0.1) is 0 Å². The van der Waals surface area contributed by atoms with Crippen LogP contribution >= 0.6 is 0 Å². The topological polar surface area (TPSA) is 45.2 Å². The molecule has 1 heterocycles. The molecule has 0 radical (unpaired) electrons. The summed E-state index contributed by atoms with van der Waals surface area (Å²) in [6.45, 7) is 1.48. The summed E-state index contributed by atoms with van der Waals surface area (Å²) >= 11 is 0. The number of likely N-dealkylation sites (N-methyl/N-ethyl adjacent to an activating group) is 1. The standard InChI is InChI=1S/C16H19N3O/c1-19(2)12-11-18-16(20)14-8-6-13(7-9-14)15-5-3-4-10-17-15/h3-10H,11-12H2,1-2H3,(H,18,20). The lowest BCUT2D eigenvalue weighted by atomic mass is 10.1. The Morgan fingerprint density at radius 3 is 2.50 bits per heavy atom. The number of aromatic nitrogens is 1. The number of nitrogens with zero attached hydrogens (tertiary/aromatic N) is 2. The molecule has 4 nitrogen and oxygen atoms in total. The van der Waals surface area contributed by atoms with Gasteiger partial charge in [-0.3, -0.25) is 9.78 Å². The van der Waals surface area contributed by atoms with Gasteiger partial charge in [-0.05, 0) is 38.4 Å². The molecular weight excluding hydrogens is 250 g/mol. The number of rotatable bonds is 5. The molecule has 104 valence electrons. The van der Waals surface area contributed by atoms with Gasteiger partial charge < -0.3 is 10.2 Å². The predicted molar refractivity (Wildman–Crippen MR) is 80.6 cm³/mol. The molecule has 0 aliphatic rings. The van der Waals surface area contributed by atoms with Gasteiger partial charge in [-0.25, -0.2) is 0 Å². The Labute approximate surface area is 119 Å². The smallest absolute Gasteiger partial charge is 0.251 e. The van der Waals surface area contributed by atoms with Gasteiger partial charge in [0.25, 0.3) is 5.91 Å². The Balaban J connectivity index is 1.99. The van der Waals surface area contributed by atoms with Crippen molar-refractivity contribution in [3.8, 4) is 11.3 Å². The minimum atomic E-state index is -0.0422. The van der Waals surface area contributed by atoms with Crippen molar-refractivity contribution in [3.63, 3.8) is 0 Å². The van der Waals surface area contributed by atoms with E-state index in [1.54, 1.807) is 6.20 Å². The zero-order chi connectivity index (χ0) is 14.4. The number of pyridine rings is 1. The van der Waals surface area contributed by atoms with Gasteiger partial charge in [-0.15, -0.1) is 0 Å². The highest BCUT2D eigenvalue weighted by atomic mass is 16.1. The minimum absolute atomic E-state index is 0.0422. The van der Waals surface area contributed by atoms with E-state index in [1.807, 2.05) is 61.5 Å².